The van der Waals surface area contributed by atoms with Gasteiger partial charge in [-0.2, -0.15) is 5.26 Å². The maximum Gasteiger partial charge on any atom is 0.335 e. The van der Waals surface area contributed by atoms with Crippen molar-refractivity contribution in [2.24, 2.45) is 5.92 Å². The molecule has 1 N–H and O–H groups in total. The highest BCUT2D eigenvalue weighted by Crippen LogP contribution is 2.26. The molecule has 2 saturated heterocycles. The van der Waals surface area contributed by atoms with Gasteiger partial charge in [0, 0.05) is 30.5 Å². The molecule has 2 atom stereocenters. The van der Waals surface area contributed by atoms with Crippen molar-refractivity contribution in [3.63, 3.8) is 0 Å². The molecule has 2 aromatic heterocycles. The lowest BCUT2D eigenvalue weighted by atomic mass is 9.93. The molecule has 0 aliphatic carbocycles. The number of fused-ring (bicyclic) bond motifs is 1. The highest BCUT2D eigenvalue weighted by molar-refractivity contribution is 5.92. The summed E-state index contributed by atoms with van der Waals surface area (Å²) >= 11 is 0. The number of aromatic nitrogens is 3. The molecule has 2 aliphatic heterocycles. The fourth-order valence-electron chi connectivity index (χ4n) is 5.76. The van der Waals surface area contributed by atoms with Crippen LogP contribution in [0.2, 0.25) is 0 Å². The summed E-state index contributed by atoms with van der Waals surface area (Å²) in [5.74, 6) is 0.353. The van der Waals surface area contributed by atoms with Crippen LogP contribution in [0.4, 0.5) is 4.39 Å². The lowest BCUT2D eigenvalue weighted by molar-refractivity contribution is -0.0592. The number of likely N-dealkylation sites (tertiary alicyclic amines) is 1. The van der Waals surface area contributed by atoms with Gasteiger partial charge in [-0.1, -0.05) is 12.1 Å². The van der Waals surface area contributed by atoms with Crippen molar-refractivity contribution in [2.45, 2.75) is 51.5 Å². The first kappa shape index (κ1) is 27.8. The number of carboxylic acids is 1. The van der Waals surface area contributed by atoms with Gasteiger partial charge >= 0.3 is 5.97 Å². The number of aromatic carboxylic acids is 1. The molecular formula is C32H32FN5O4. The Morgan fingerprint density at radius 3 is 2.81 bits per heavy atom. The molecule has 4 heterocycles. The number of pyridine rings is 1. The number of ether oxygens (including phenoxy) is 2. The van der Waals surface area contributed by atoms with E-state index in [0.717, 1.165) is 67.9 Å². The number of rotatable bonds is 10. The topological polar surface area (TPSA) is 114 Å². The quantitative estimate of drug-likeness (QED) is 0.285. The third-order valence-electron chi connectivity index (χ3n) is 8.06. The SMILES string of the molecule is N#Cc1ccc(COc2cccc(C[C@@H]3CCCN(Cc4nc5ccc(C(=O)O)cc5n4C[C@@H]4CCO4)C3)n2)c(F)c1. The number of halogens is 1. The minimum Gasteiger partial charge on any atom is -0.478 e. The smallest absolute Gasteiger partial charge is 0.335 e. The van der Waals surface area contributed by atoms with Gasteiger partial charge in [0.15, 0.2) is 0 Å². The number of carbonyl (C=O) groups is 1. The molecule has 0 saturated carbocycles. The minimum atomic E-state index is -0.950. The molecule has 2 fully saturated rings. The molecule has 0 unspecified atom stereocenters. The molecule has 9 nitrogen and oxygen atoms in total. The largest absolute Gasteiger partial charge is 0.478 e. The Balaban J connectivity index is 1.11. The van der Waals surface area contributed by atoms with E-state index in [1.54, 1.807) is 36.4 Å². The second-order valence-corrected chi connectivity index (χ2v) is 11.1. The van der Waals surface area contributed by atoms with Gasteiger partial charge in [-0.05, 0) is 74.5 Å². The van der Waals surface area contributed by atoms with Crippen LogP contribution in [0.1, 0.15) is 52.3 Å². The average molecular weight is 570 g/mol. The number of hydrogen-bond donors (Lipinski definition) is 1. The Morgan fingerprint density at radius 1 is 1.17 bits per heavy atom. The molecule has 2 aliphatic rings. The van der Waals surface area contributed by atoms with Crippen molar-refractivity contribution in [3.8, 4) is 11.9 Å². The van der Waals surface area contributed by atoms with Crippen molar-refractivity contribution < 1.29 is 23.8 Å². The van der Waals surface area contributed by atoms with Crippen molar-refractivity contribution in [1.29, 1.82) is 5.26 Å². The van der Waals surface area contributed by atoms with Crippen molar-refractivity contribution in [2.75, 3.05) is 19.7 Å². The zero-order chi connectivity index (χ0) is 29.1. The van der Waals surface area contributed by atoms with Gasteiger partial charge in [0.2, 0.25) is 5.88 Å². The van der Waals surface area contributed by atoms with Crippen LogP contribution >= 0.6 is 0 Å². The van der Waals surface area contributed by atoms with E-state index in [4.69, 9.17) is 19.7 Å². The molecular weight excluding hydrogens is 537 g/mol. The first-order valence-corrected chi connectivity index (χ1v) is 14.3. The molecule has 2 aromatic carbocycles. The van der Waals surface area contributed by atoms with Crippen molar-refractivity contribution in [3.05, 3.63) is 88.6 Å². The Hall–Kier alpha value is -4.33. The molecule has 4 aromatic rings. The number of benzene rings is 2. The van der Waals surface area contributed by atoms with Crippen LogP contribution in [0.15, 0.2) is 54.6 Å². The first-order valence-electron chi connectivity index (χ1n) is 14.3. The maximum atomic E-state index is 14.2. The van der Waals surface area contributed by atoms with E-state index in [0.29, 0.717) is 30.5 Å². The molecule has 216 valence electrons. The highest BCUT2D eigenvalue weighted by Gasteiger charge is 2.26. The Bertz CT molecular complexity index is 1640. The van der Waals surface area contributed by atoms with Gasteiger partial charge in [-0.25, -0.2) is 19.2 Å². The number of carboxylic acid groups (broad SMARTS) is 1. The van der Waals surface area contributed by atoms with E-state index in [-0.39, 0.29) is 23.8 Å². The number of imidazole rings is 1. The standard InChI is InChI=1S/C32H32FN5O4/c33-27-14-21(16-34)6-7-24(27)20-42-31-5-1-4-25(35-31)13-22-3-2-11-37(17-22)19-30-36-28-9-8-23(32(39)40)15-29(28)38(30)18-26-10-12-41-26/h1,4-9,14-15,22,26H,2-3,10-13,17-20H2,(H,39,40)/t22-,26-/m0/s1. The lowest BCUT2D eigenvalue weighted by Gasteiger charge is -2.33. The van der Waals surface area contributed by atoms with Gasteiger partial charge in [-0.3, -0.25) is 4.90 Å². The van der Waals surface area contributed by atoms with E-state index >= 15 is 0 Å². The van der Waals surface area contributed by atoms with Crippen LogP contribution in [0.25, 0.3) is 11.0 Å². The predicted molar refractivity (Wildman–Crippen MR) is 152 cm³/mol. The normalized spacial score (nSPS) is 18.9. The summed E-state index contributed by atoms with van der Waals surface area (Å²) < 4.78 is 27.9. The molecule has 0 amide bonds. The second-order valence-electron chi connectivity index (χ2n) is 11.1. The van der Waals surface area contributed by atoms with Gasteiger partial charge in [0.25, 0.3) is 0 Å². The monoisotopic (exact) mass is 569 g/mol. The molecule has 0 radical (unpaired) electrons. The minimum absolute atomic E-state index is 0.0338. The van der Waals surface area contributed by atoms with E-state index < -0.39 is 11.8 Å². The Morgan fingerprint density at radius 2 is 2.05 bits per heavy atom. The van der Waals surface area contributed by atoms with Gasteiger partial charge < -0.3 is 19.1 Å². The van der Waals surface area contributed by atoms with E-state index in [1.165, 1.54) is 6.07 Å². The molecule has 0 spiro atoms. The summed E-state index contributed by atoms with van der Waals surface area (Å²) in [7, 11) is 0. The van der Waals surface area contributed by atoms with Crippen LogP contribution in [-0.4, -0.2) is 56.3 Å². The summed E-state index contributed by atoms with van der Waals surface area (Å²) in [6.07, 6.45) is 4.06. The average Bonchev–Trinajstić information content (AvgIpc) is 3.30. The van der Waals surface area contributed by atoms with Gasteiger partial charge in [0.05, 0.1) is 47.4 Å². The molecule has 0 bridgehead atoms. The number of nitrogens with zero attached hydrogens (tertiary/aromatic N) is 5. The number of nitriles is 1. The summed E-state index contributed by atoms with van der Waals surface area (Å²) in [6.45, 7) is 3.99. The van der Waals surface area contributed by atoms with Crippen LogP contribution < -0.4 is 4.74 Å². The second kappa shape index (κ2) is 12.3. The Labute approximate surface area is 243 Å². The van der Waals surface area contributed by atoms with Crippen LogP contribution in [-0.2, 0) is 30.9 Å². The fourth-order valence-corrected chi connectivity index (χ4v) is 5.76. The third-order valence-corrected chi connectivity index (χ3v) is 8.06. The van der Waals surface area contributed by atoms with E-state index in [1.807, 2.05) is 18.2 Å². The fraction of sp³-hybridized carbons (Fsp3) is 0.375. The van der Waals surface area contributed by atoms with Crippen LogP contribution in [0, 0.1) is 23.1 Å². The lowest BCUT2D eigenvalue weighted by Crippen LogP contribution is -2.37. The maximum absolute atomic E-state index is 14.2. The summed E-state index contributed by atoms with van der Waals surface area (Å²) in [5, 5.41) is 18.5. The highest BCUT2D eigenvalue weighted by atomic mass is 19.1. The molecule has 10 heteroatoms. The zero-order valence-corrected chi connectivity index (χ0v) is 23.2. The van der Waals surface area contributed by atoms with Crippen molar-refractivity contribution >= 4 is 17.0 Å². The summed E-state index contributed by atoms with van der Waals surface area (Å²) in [6, 6.07) is 17.0. The molecule has 42 heavy (non-hydrogen) atoms. The predicted octanol–water partition coefficient (Wildman–Crippen LogP) is 4.96. The van der Waals surface area contributed by atoms with E-state index in [2.05, 4.69) is 14.5 Å². The van der Waals surface area contributed by atoms with Crippen molar-refractivity contribution in [1.82, 2.24) is 19.4 Å². The summed E-state index contributed by atoms with van der Waals surface area (Å²) in [4.78, 5) is 23.6. The number of piperidine rings is 1. The zero-order valence-electron chi connectivity index (χ0n) is 23.2. The van der Waals surface area contributed by atoms with Crippen LogP contribution in [0.3, 0.4) is 0 Å². The molecule has 6 rings (SSSR count). The summed E-state index contributed by atoms with van der Waals surface area (Å²) in [5.41, 5.74) is 3.45. The van der Waals surface area contributed by atoms with Crippen LogP contribution in [0.5, 0.6) is 5.88 Å². The van der Waals surface area contributed by atoms with Gasteiger partial charge in [0.1, 0.15) is 18.2 Å². The van der Waals surface area contributed by atoms with Gasteiger partial charge in [-0.15, -0.1) is 0 Å². The van der Waals surface area contributed by atoms with E-state index in [9.17, 15) is 14.3 Å². The number of hydrogen-bond acceptors (Lipinski definition) is 7. The first-order chi connectivity index (χ1) is 20.4. The Kier molecular flexibility index (Phi) is 8.13. The third kappa shape index (κ3) is 6.27.